The van der Waals surface area contributed by atoms with Gasteiger partial charge in [0.05, 0.1) is 18.8 Å². The lowest BCUT2D eigenvalue weighted by molar-refractivity contribution is 0.137. The SMILES string of the molecule is CSCC(N)(CO)CO. The van der Waals surface area contributed by atoms with Crippen LogP contribution in [-0.2, 0) is 0 Å². The van der Waals surface area contributed by atoms with E-state index in [-0.39, 0.29) is 13.2 Å². The number of hydrogen-bond donors (Lipinski definition) is 3. The van der Waals surface area contributed by atoms with Gasteiger partial charge in [0.25, 0.3) is 0 Å². The smallest absolute Gasteiger partial charge is 0.0714 e. The van der Waals surface area contributed by atoms with Gasteiger partial charge >= 0.3 is 0 Å². The van der Waals surface area contributed by atoms with E-state index in [4.69, 9.17) is 15.9 Å². The van der Waals surface area contributed by atoms with Crippen LogP contribution in [0.1, 0.15) is 0 Å². The van der Waals surface area contributed by atoms with E-state index < -0.39 is 5.54 Å². The van der Waals surface area contributed by atoms with E-state index in [1.165, 1.54) is 11.8 Å². The van der Waals surface area contributed by atoms with Gasteiger partial charge in [0.2, 0.25) is 0 Å². The fraction of sp³-hybridized carbons (Fsp3) is 1.00. The molecule has 0 amide bonds. The Morgan fingerprint density at radius 1 is 1.44 bits per heavy atom. The minimum atomic E-state index is -0.792. The monoisotopic (exact) mass is 151 g/mol. The predicted octanol–water partition coefficient (Wildman–Crippen LogP) is -0.968. The van der Waals surface area contributed by atoms with Crippen LogP contribution in [0.3, 0.4) is 0 Å². The molecule has 0 fully saturated rings. The molecular formula is C5H13NO2S. The summed E-state index contributed by atoms with van der Waals surface area (Å²) in [5.74, 6) is 0.583. The number of aliphatic hydroxyl groups is 2. The van der Waals surface area contributed by atoms with Gasteiger partial charge in [0.15, 0.2) is 0 Å². The molecule has 56 valence electrons. The van der Waals surface area contributed by atoms with Crippen molar-refractivity contribution < 1.29 is 10.2 Å². The highest BCUT2D eigenvalue weighted by atomic mass is 32.2. The number of nitrogens with two attached hydrogens (primary N) is 1. The van der Waals surface area contributed by atoms with Crippen LogP contribution in [0.4, 0.5) is 0 Å². The van der Waals surface area contributed by atoms with E-state index in [2.05, 4.69) is 0 Å². The summed E-state index contributed by atoms with van der Waals surface area (Å²) in [4.78, 5) is 0. The first kappa shape index (κ1) is 9.23. The Morgan fingerprint density at radius 3 is 2.00 bits per heavy atom. The Labute approximate surface area is 59.3 Å². The molecule has 0 rings (SSSR count). The fourth-order valence-corrected chi connectivity index (χ4v) is 1.19. The molecule has 0 atom stereocenters. The molecule has 0 unspecified atom stereocenters. The molecule has 0 aromatic rings. The Kier molecular flexibility index (Phi) is 4.22. The van der Waals surface area contributed by atoms with E-state index in [9.17, 15) is 0 Å². The number of aliphatic hydroxyl groups excluding tert-OH is 2. The van der Waals surface area contributed by atoms with Crippen molar-refractivity contribution in [1.82, 2.24) is 0 Å². The third-order valence-electron chi connectivity index (χ3n) is 1.06. The maximum absolute atomic E-state index is 8.62. The first-order valence-corrected chi connectivity index (χ1v) is 4.07. The molecule has 0 aliphatic carbocycles. The quantitative estimate of drug-likeness (QED) is 0.484. The van der Waals surface area contributed by atoms with Gasteiger partial charge in [-0.1, -0.05) is 0 Å². The summed E-state index contributed by atoms with van der Waals surface area (Å²) in [5.41, 5.74) is 4.69. The number of rotatable bonds is 4. The van der Waals surface area contributed by atoms with Crippen LogP contribution < -0.4 is 5.73 Å². The van der Waals surface area contributed by atoms with Gasteiger partial charge in [-0.15, -0.1) is 0 Å². The first-order chi connectivity index (χ1) is 4.18. The molecule has 3 nitrogen and oxygen atoms in total. The molecule has 0 aliphatic rings. The van der Waals surface area contributed by atoms with Crippen molar-refractivity contribution in [3.63, 3.8) is 0 Å². The number of hydrogen-bond acceptors (Lipinski definition) is 4. The predicted molar refractivity (Wildman–Crippen MR) is 39.5 cm³/mol. The average Bonchev–Trinajstić information content (AvgIpc) is 1.89. The molecule has 0 radical (unpaired) electrons. The van der Waals surface area contributed by atoms with Crippen molar-refractivity contribution in [2.45, 2.75) is 5.54 Å². The molecule has 0 aliphatic heterocycles. The molecule has 4 heteroatoms. The van der Waals surface area contributed by atoms with E-state index >= 15 is 0 Å². The molecule has 0 heterocycles. The summed E-state index contributed by atoms with van der Waals surface area (Å²) >= 11 is 1.51. The summed E-state index contributed by atoms with van der Waals surface area (Å²) in [7, 11) is 0. The third-order valence-corrected chi connectivity index (χ3v) is 1.93. The zero-order chi connectivity index (χ0) is 7.33. The van der Waals surface area contributed by atoms with Crippen LogP contribution in [0, 0.1) is 0 Å². The molecule has 0 spiro atoms. The van der Waals surface area contributed by atoms with Crippen molar-refractivity contribution in [2.24, 2.45) is 5.73 Å². The Balaban J connectivity index is 3.62. The van der Waals surface area contributed by atoms with Gasteiger partial charge in [0, 0.05) is 5.75 Å². The normalized spacial score (nSPS) is 12.0. The summed E-state index contributed by atoms with van der Waals surface area (Å²) in [6.07, 6.45) is 1.88. The second kappa shape index (κ2) is 4.11. The van der Waals surface area contributed by atoms with Gasteiger partial charge in [-0.2, -0.15) is 11.8 Å². The summed E-state index contributed by atoms with van der Waals surface area (Å²) in [6.45, 7) is -0.325. The van der Waals surface area contributed by atoms with E-state index in [1.807, 2.05) is 6.26 Å². The van der Waals surface area contributed by atoms with Gasteiger partial charge < -0.3 is 15.9 Å². The molecular weight excluding hydrogens is 138 g/mol. The van der Waals surface area contributed by atoms with Crippen LogP contribution >= 0.6 is 11.8 Å². The molecule has 0 saturated heterocycles. The minimum absolute atomic E-state index is 0.162. The lowest BCUT2D eigenvalue weighted by Gasteiger charge is -2.22. The molecule has 0 bridgehead atoms. The summed E-state index contributed by atoms with van der Waals surface area (Å²) in [6, 6.07) is 0. The van der Waals surface area contributed by atoms with Gasteiger partial charge in [-0.05, 0) is 6.26 Å². The van der Waals surface area contributed by atoms with Crippen LogP contribution in [0.15, 0.2) is 0 Å². The largest absolute Gasteiger partial charge is 0.394 e. The molecule has 0 aromatic heterocycles. The Bertz CT molecular complexity index is 75.4. The zero-order valence-electron chi connectivity index (χ0n) is 5.50. The number of thioether (sulfide) groups is 1. The zero-order valence-corrected chi connectivity index (χ0v) is 6.32. The second-order valence-corrected chi connectivity index (χ2v) is 2.98. The standard InChI is InChI=1S/C5H13NO2S/c1-9-4-5(6,2-7)3-8/h7-8H,2-4,6H2,1H3. The molecule has 0 saturated carbocycles. The Hall–Kier alpha value is 0.230. The van der Waals surface area contributed by atoms with Crippen molar-refractivity contribution in [3.05, 3.63) is 0 Å². The van der Waals surface area contributed by atoms with Gasteiger partial charge in [-0.3, -0.25) is 0 Å². The van der Waals surface area contributed by atoms with Crippen molar-refractivity contribution >= 4 is 11.8 Å². The van der Waals surface area contributed by atoms with Gasteiger partial charge in [-0.25, -0.2) is 0 Å². The van der Waals surface area contributed by atoms with Gasteiger partial charge in [0.1, 0.15) is 0 Å². The third kappa shape index (κ3) is 3.05. The molecule has 4 N–H and O–H groups in total. The van der Waals surface area contributed by atoms with Crippen molar-refractivity contribution in [3.8, 4) is 0 Å². The van der Waals surface area contributed by atoms with Crippen molar-refractivity contribution in [2.75, 3.05) is 25.2 Å². The van der Waals surface area contributed by atoms with E-state index in [1.54, 1.807) is 0 Å². The lowest BCUT2D eigenvalue weighted by atomic mass is 10.1. The topological polar surface area (TPSA) is 66.5 Å². The second-order valence-electron chi connectivity index (χ2n) is 2.11. The highest BCUT2D eigenvalue weighted by Gasteiger charge is 2.21. The Morgan fingerprint density at radius 2 is 1.89 bits per heavy atom. The lowest BCUT2D eigenvalue weighted by Crippen LogP contribution is -2.49. The van der Waals surface area contributed by atoms with E-state index in [0.29, 0.717) is 5.75 Å². The van der Waals surface area contributed by atoms with Crippen molar-refractivity contribution in [1.29, 1.82) is 0 Å². The molecule has 9 heavy (non-hydrogen) atoms. The highest BCUT2D eigenvalue weighted by Crippen LogP contribution is 2.05. The van der Waals surface area contributed by atoms with Crippen LogP contribution in [0.2, 0.25) is 0 Å². The van der Waals surface area contributed by atoms with E-state index in [0.717, 1.165) is 0 Å². The first-order valence-electron chi connectivity index (χ1n) is 2.68. The maximum atomic E-state index is 8.62. The summed E-state index contributed by atoms with van der Waals surface area (Å²) in [5, 5.41) is 17.2. The van der Waals surface area contributed by atoms with Crippen LogP contribution in [-0.4, -0.2) is 41.0 Å². The molecule has 0 aromatic carbocycles. The summed E-state index contributed by atoms with van der Waals surface area (Å²) < 4.78 is 0. The minimum Gasteiger partial charge on any atom is -0.394 e. The van der Waals surface area contributed by atoms with Crippen LogP contribution in [0.25, 0.3) is 0 Å². The highest BCUT2D eigenvalue weighted by molar-refractivity contribution is 7.98. The fourth-order valence-electron chi connectivity index (χ4n) is 0.429. The maximum Gasteiger partial charge on any atom is 0.0714 e. The average molecular weight is 151 g/mol. The van der Waals surface area contributed by atoms with Crippen LogP contribution in [0.5, 0.6) is 0 Å².